The van der Waals surface area contributed by atoms with Gasteiger partial charge in [-0.1, -0.05) is 188 Å². The Kier molecular flexibility index (Phi) is 8.27. The van der Waals surface area contributed by atoms with Gasteiger partial charge in [0.2, 0.25) is 0 Å². The van der Waals surface area contributed by atoms with Crippen molar-refractivity contribution in [2.75, 3.05) is 0 Å². The minimum absolute atomic E-state index is 0.532. The van der Waals surface area contributed by atoms with Crippen LogP contribution in [0, 0.1) is 0 Å². The van der Waals surface area contributed by atoms with Gasteiger partial charge < -0.3 is 9.47 Å². The summed E-state index contributed by atoms with van der Waals surface area (Å²) < 4.78 is 16.4. The zero-order valence-corrected chi connectivity index (χ0v) is 35.2. The number of fused-ring (bicyclic) bond motifs is 9. The lowest BCUT2D eigenvalue weighted by molar-refractivity contribution is 0.361. The number of para-hydroxylation sites is 1. The van der Waals surface area contributed by atoms with Crippen LogP contribution in [0.3, 0.4) is 0 Å². The van der Waals surface area contributed by atoms with Crippen molar-refractivity contribution >= 4 is 31.5 Å². The molecule has 11 aromatic rings. The molecule has 0 N–H and O–H groups in total. The second-order valence-electron chi connectivity index (χ2n) is 16.4. The van der Waals surface area contributed by atoms with E-state index in [2.05, 4.69) is 200 Å². The van der Waals surface area contributed by atoms with Crippen LogP contribution in [-0.2, 0) is 5.41 Å². The summed E-state index contributed by atoms with van der Waals surface area (Å²) in [5.41, 5.74) is 13.2. The summed E-state index contributed by atoms with van der Waals surface area (Å²) in [5, 5.41) is 2.53. The molecule has 3 heterocycles. The van der Waals surface area contributed by atoms with Crippen LogP contribution < -0.4 is 9.47 Å². The van der Waals surface area contributed by atoms with Crippen LogP contribution in [0.15, 0.2) is 218 Å². The van der Waals surface area contributed by atoms with Gasteiger partial charge in [0.15, 0.2) is 28.8 Å². The van der Waals surface area contributed by atoms with Gasteiger partial charge in [-0.25, -0.2) is 9.97 Å². The van der Waals surface area contributed by atoms with Crippen molar-refractivity contribution < 1.29 is 9.47 Å². The highest BCUT2D eigenvalue weighted by Crippen LogP contribution is 2.62. The first-order valence-electron chi connectivity index (χ1n) is 21.5. The first kappa shape index (κ1) is 36.5. The van der Waals surface area contributed by atoms with Crippen LogP contribution in [0.2, 0.25) is 0 Å². The Labute approximate surface area is 374 Å². The van der Waals surface area contributed by atoms with Gasteiger partial charge in [0.1, 0.15) is 0 Å². The molecule has 0 unspecified atom stereocenters. The lowest BCUT2D eigenvalue weighted by Crippen LogP contribution is -2.28. The zero-order valence-electron chi connectivity index (χ0n) is 34.4. The minimum atomic E-state index is -0.532. The minimum Gasteiger partial charge on any atom is -0.449 e. The van der Waals surface area contributed by atoms with Crippen molar-refractivity contribution in [2.24, 2.45) is 0 Å². The smallest absolute Gasteiger partial charge is 0.178 e. The topological polar surface area (TPSA) is 44.2 Å². The number of benzene rings is 9. The molecule has 300 valence electrons. The molecule has 0 saturated heterocycles. The highest BCUT2D eigenvalue weighted by Gasteiger charge is 2.48. The van der Waals surface area contributed by atoms with Gasteiger partial charge >= 0.3 is 0 Å². The first-order valence-corrected chi connectivity index (χ1v) is 22.4. The molecule has 9 aromatic carbocycles. The molecular formula is C59H36N2O2S. The van der Waals surface area contributed by atoms with Crippen LogP contribution in [0.4, 0.5) is 0 Å². The molecule has 64 heavy (non-hydrogen) atoms. The summed E-state index contributed by atoms with van der Waals surface area (Å²) in [4.78, 5) is 10.3. The summed E-state index contributed by atoms with van der Waals surface area (Å²) in [6.07, 6.45) is 0. The van der Waals surface area contributed by atoms with Gasteiger partial charge in [0, 0.05) is 48.0 Å². The van der Waals surface area contributed by atoms with E-state index in [1.54, 1.807) is 11.3 Å². The maximum Gasteiger partial charge on any atom is 0.178 e. The zero-order chi connectivity index (χ0) is 42.2. The third-order valence-electron chi connectivity index (χ3n) is 12.9. The first-order chi connectivity index (χ1) is 31.7. The third-order valence-corrected chi connectivity index (χ3v) is 14.0. The Balaban J connectivity index is 0.881. The predicted octanol–water partition coefficient (Wildman–Crippen LogP) is 15.8. The van der Waals surface area contributed by atoms with Gasteiger partial charge in [-0.05, 0) is 63.7 Å². The van der Waals surface area contributed by atoms with Crippen LogP contribution in [0.25, 0.3) is 76.3 Å². The summed E-state index contributed by atoms with van der Waals surface area (Å²) in [6, 6.07) is 77.0. The summed E-state index contributed by atoms with van der Waals surface area (Å²) in [5.74, 6) is 3.50. The van der Waals surface area contributed by atoms with E-state index in [1.807, 2.05) is 18.2 Å². The van der Waals surface area contributed by atoms with Crippen molar-refractivity contribution in [2.45, 2.75) is 5.41 Å². The van der Waals surface area contributed by atoms with Crippen LogP contribution in [0.5, 0.6) is 23.0 Å². The van der Waals surface area contributed by atoms with Crippen molar-refractivity contribution in [1.29, 1.82) is 0 Å². The molecule has 1 aliphatic heterocycles. The molecule has 0 spiro atoms. The number of hydrogen-bond acceptors (Lipinski definition) is 5. The van der Waals surface area contributed by atoms with E-state index in [4.69, 9.17) is 19.4 Å². The molecule has 0 bridgehead atoms. The second-order valence-corrected chi connectivity index (χ2v) is 17.5. The monoisotopic (exact) mass is 836 g/mol. The van der Waals surface area contributed by atoms with Crippen molar-refractivity contribution in [3.8, 4) is 79.2 Å². The average molecular weight is 837 g/mol. The number of thiophene rings is 1. The number of ether oxygens (including phenoxy) is 2. The van der Waals surface area contributed by atoms with Crippen LogP contribution in [-0.4, -0.2) is 9.97 Å². The van der Waals surface area contributed by atoms with E-state index >= 15 is 0 Å². The molecular weight excluding hydrogens is 801 g/mol. The number of aromatic nitrogens is 2. The van der Waals surface area contributed by atoms with E-state index in [0.717, 1.165) is 56.1 Å². The molecule has 0 atom stereocenters. The lowest BCUT2D eigenvalue weighted by Gasteiger charge is -2.34. The summed E-state index contributed by atoms with van der Waals surface area (Å²) in [7, 11) is 0. The third kappa shape index (κ3) is 5.61. The largest absolute Gasteiger partial charge is 0.449 e. The standard InChI is InChI=1S/C59H36N2O2S/c1-4-15-38(16-5-1)49-36-50(61-58(60-49)40-31-32-45-44-21-11-13-26-53(44)64-54(45)35-40)39-29-27-37(28-30-39)43-23-14-25-51-56(43)62-52-34-33-48-55(57(52)63-51)46-22-10-12-24-47(46)59(48,41-17-6-2-7-18-41)42-19-8-3-9-20-42/h1-36H. The quantitative estimate of drug-likeness (QED) is 0.167. The van der Waals surface area contributed by atoms with Gasteiger partial charge in [0.25, 0.3) is 0 Å². The molecule has 0 amide bonds. The Morgan fingerprint density at radius 3 is 1.72 bits per heavy atom. The van der Waals surface area contributed by atoms with E-state index in [0.29, 0.717) is 23.1 Å². The fraction of sp³-hybridized carbons (Fsp3) is 0.0169. The van der Waals surface area contributed by atoms with E-state index in [1.165, 1.54) is 42.4 Å². The molecule has 5 heteroatoms. The van der Waals surface area contributed by atoms with Crippen LogP contribution in [0.1, 0.15) is 22.3 Å². The number of nitrogens with zero attached hydrogens (tertiary/aromatic N) is 2. The van der Waals surface area contributed by atoms with Crippen molar-refractivity contribution in [3.05, 3.63) is 241 Å². The molecule has 4 nitrogen and oxygen atoms in total. The maximum atomic E-state index is 7.01. The van der Waals surface area contributed by atoms with Gasteiger partial charge in [0.05, 0.1) is 16.8 Å². The van der Waals surface area contributed by atoms with E-state index in [9.17, 15) is 0 Å². The van der Waals surface area contributed by atoms with E-state index in [-0.39, 0.29) is 0 Å². The molecule has 13 rings (SSSR count). The number of hydrogen-bond donors (Lipinski definition) is 0. The lowest BCUT2D eigenvalue weighted by atomic mass is 9.68. The van der Waals surface area contributed by atoms with Crippen molar-refractivity contribution in [1.82, 2.24) is 9.97 Å². The van der Waals surface area contributed by atoms with Gasteiger partial charge in [-0.2, -0.15) is 0 Å². The maximum absolute atomic E-state index is 7.01. The number of rotatable bonds is 6. The highest BCUT2D eigenvalue weighted by atomic mass is 32.1. The Morgan fingerprint density at radius 1 is 0.375 bits per heavy atom. The second kappa shape index (κ2) is 14.5. The predicted molar refractivity (Wildman–Crippen MR) is 261 cm³/mol. The van der Waals surface area contributed by atoms with E-state index < -0.39 is 5.41 Å². The Hall–Kier alpha value is -8.12. The Bertz CT molecular complexity index is 3560. The van der Waals surface area contributed by atoms with Crippen molar-refractivity contribution in [3.63, 3.8) is 0 Å². The van der Waals surface area contributed by atoms with Crippen LogP contribution >= 0.6 is 11.3 Å². The SMILES string of the molecule is c1ccc(-c2cc(-c3ccc(-c4cccc5c4Oc4ccc6c(c4O5)-c4ccccc4C6(c4ccccc4)c4ccccc4)cc3)nc(-c3ccc4c(c3)sc3ccccc34)n2)cc1. The molecule has 0 fully saturated rings. The normalized spacial score (nSPS) is 13.1. The molecule has 0 saturated carbocycles. The molecule has 0 radical (unpaired) electrons. The molecule has 2 aromatic heterocycles. The van der Waals surface area contributed by atoms with Gasteiger partial charge in [-0.15, -0.1) is 11.3 Å². The summed E-state index contributed by atoms with van der Waals surface area (Å²) >= 11 is 1.80. The highest BCUT2D eigenvalue weighted by molar-refractivity contribution is 7.25. The average Bonchev–Trinajstić information content (AvgIpc) is 3.90. The Morgan fingerprint density at radius 2 is 0.953 bits per heavy atom. The van der Waals surface area contributed by atoms with Gasteiger partial charge in [-0.3, -0.25) is 0 Å². The molecule has 1 aliphatic carbocycles. The molecule has 2 aliphatic rings. The fourth-order valence-electron chi connectivity index (χ4n) is 9.98. The fourth-order valence-corrected chi connectivity index (χ4v) is 11.1. The summed E-state index contributed by atoms with van der Waals surface area (Å²) in [6.45, 7) is 0.